The van der Waals surface area contributed by atoms with Crippen LogP contribution >= 0.6 is 0 Å². The number of nitrogens with zero attached hydrogens (tertiary/aromatic N) is 1. The van der Waals surface area contributed by atoms with Crippen molar-refractivity contribution in [1.82, 2.24) is 10.2 Å². The van der Waals surface area contributed by atoms with Gasteiger partial charge in [0.2, 0.25) is 0 Å². The van der Waals surface area contributed by atoms with Crippen LogP contribution in [0.5, 0.6) is 0 Å². The number of rotatable bonds is 4. The third-order valence-corrected chi connectivity index (χ3v) is 5.21. The lowest BCUT2D eigenvalue weighted by molar-refractivity contribution is 0.247. The maximum absolute atomic E-state index is 12.3. The Hall–Kier alpha value is -2.33. The van der Waals surface area contributed by atoms with Crippen LogP contribution in [-0.2, 0) is 19.4 Å². The zero-order valence-corrected chi connectivity index (χ0v) is 14.5. The smallest absolute Gasteiger partial charge is 0.319 e. The summed E-state index contributed by atoms with van der Waals surface area (Å²) in [6.45, 7) is 2.89. The molecule has 1 fully saturated rings. The number of likely N-dealkylation sites (tertiary alicyclic amines) is 1. The van der Waals surface area contributed by atoms with Crippen LogP contribution in [0.2, 0.25) is 0 Å². The number of anilines is 1. The summed E-state index contributed by atoms with van der Waals surface area (Å²) in [6, 6.07) is 16.9. The SMILES string of the molecule is O=C(Nc1ccc2c(c1)CCC2)N[C@H]1CCN(Cc2ccccc2)C1. The number of fused-ring (bicyclic) bond motifs is 1. The number of carbonyl (C=O) groups is 1. The molecular formula is C21H25N3O. The quantitative estimate of drug-likeness (QED) is 0.897. The van der Waals surface area contributed by atoms with E-state index in [0.29, 0.717) is 0 Å². The molecule has 2 aliphatic rings. The first-order valence-corrected chi connectivity index (χ1v) is 9.22. The first kappa shape index (κ1) is 16.2. The van der Waals surface area contributed by atoms with Gasteiger partial charge in [0, 0.05) is 31.4 Å². The highest BCUT2D eigenvalue weighted by molar-refractivity contribution is 5.89. The van der Waals surface area contributed by atoms with Crippen molar-refractivity contribution in [3.05, 3.63) is 65.2 Å². The lowest BCUT2D eigenvalue weighted by Gasteiger charge is -2.17. The molecule has 0 saturated carbocycles. The average molecular weight is 335 g/mol. The van der Waals surface area contributed by atoms with Crippen LogP contribution in [0.25, 0.3) is 0 Å². The van der Waals surface area contributed by atoms with E-state index >= 15 is 0 Å². The largest absolute Gasteiger partial charge is 0.334 e. The van der Waals surface area contributed by atoms with Gasteiger partial charge < -0.3 is 10.6 Å². The van der Waals surface area contributed by atoms with Crippen molar-refractivity contribution in [3.8, 4) is 0 Å². The second kappa shape index (κ2) is 7.28. The zero-order chi connectivity index (χ0) is 17.1. The number of nitrogens with one attached hydrogen (secondary N) is 2. The molecule has 0 bridgehead atoms. The van der Waals surface area contributed by atoms with Crippen LogP contribution in [0.1, 0.15) is 29.5 Å². The second-order valence-electron chi connectivity index (χ2n) is 7.14. The Morgan fingerprint density at radius 3 is 2.80 bits per heavy atom. The van der Waals surface area contributed by atoms with E-state index < -0.39 is 0 Å². The molecule has 1 heterocycles. The third kappa shape index (κ3) is 4.02. The monoisotopic (exact) mass is 335 g/mol. The van der Waals surface area contributed by atoms with E-state index in [9.17, 15) is 4.79 Å². The molecule has 130 valence electrons. The van der Waals surface area contributed by atoms with Crippen LogP contribution < -0.4 is 10.6 Å². The molecule has 4 nitrogen and oxygen atoms in total. The zero-order valence-electron chi connectivity index (χ0n) is 14.5. The molecule has 2 aromatic rings. The van der Waals surface area contributed by atoms with Crippen molar-refractivity contribution in [3.63, 3.8) is 0 Å². The van der Waals surface area contributed by atoms with Gasteiger partial charge in [0.25, 0.3) is 0 Å². The molecule has 1 aliphatic carbocycles. The predicted molar refractivity (Wildman–Crippen MR) is 101 cm³/mol. The average Bonchev–Trinajstić information content (AvgIpc) is 3.24. The van der Waals surface area contributed by atoms with Gasteiger partial charge >= 0.3 is 6.03 Å². The van der Waals surface area contributed by atoms with Crippen LogP contribution in [0.4, 0.5) is 10.5 Å². The molecule has 0 aromatic heterocycles. The molecule has 1 saturated heterocycles. The predicted octanol–water partition coefficient (Wildman–Crippen LogP) is 3.57. The highest BCUT2D eigenvalue weighted by atomic mass is 16.2. The Balaban J connectivity index is 1.27. The number of benzene rings is 2. The Labute approximate surface area is 149 Å². The fourth-order valence-electron chi connectivity index (χ4n) is 3.94. The van der Waals surface area contributed by atoms with Gasteiger partial charge in [0.1, 0.15) is 0 Å². The Kier molecular flexibility index (Phi) is 4.70. The van der Waals surface area contributed by atoms with E-state index in [1.807, 2.05) is 12.1 Å². The summed E-state index contributed by atoms with van der Waals surface area (Å²) in [6.07, 6.45) is 4.53. The minimum atomic E-state index is -0.0930. The van der Waals surface area contributed by atoms with Crippen molar-refractivity contribution >= 4 is 11.7 Å². The summed E-state index contributed by atoms with van der Waals surface area (Å²) in [5, 5.41) is 6.11. The minimum absolute atomic E-state index is 0.0930. The topological polar surface area (TPSA) is 44.4 Å². The molecule has 2 aromatic carbocycles. The first-order valence-electron chi connectivity index (χ1n) is 9.22. The summed E-state index contributed by atoms with van der Waals surface area (Å²) in [5.41, 5.74) is 5.04. The van der Waals surface area contributed by atoms with E-state index in [-0.39, 0.29) is 12.1 Å². The Morgan fingerprint density at radius 2 is 1.92 bits per heavy atom. The van der Waals surface area contributed by atoms with E-state index in [0.717, 1.165) is 38.2 Å². The van der Waals surface area contributed by atoms with Crippen molar-refractivity contribution in [2.24, 2.45) is 0 Å². The van der Waals surface area contributed by atoms with Crippen LogP contribution in [-0.4, -0.2) is 30.1 Å². The molecule has 1 atom stereocenters. The second-order valence-corrected chi connectivity index (χ2v) is 7.14. The van der Waals surface area contributed by atoms with Gasteiger partial charge in [-0.15, -0.1) is 0 Å². The summed E-state index contributed by atoms with van der Waals surface area (Å²) in [5.74, 6) is 0. The standard InChI is InChI=1S/C21H25N3O/c25-21(22-19-10-9-17-7-4-8-18(17)13-19)23-20-11-12-24(15-20)14-16-5-2-1-3-6-16/h1-3,5-6,9-10,13,20H,4,7-8,11-12,14-15H2,(H2,22,23,25)/t20-/m0/s1. The van der Waals surface area contributed by atoms with Gasteiger partial charge in [-0.05, 0) is 54.5 Å². The summed E-state index contributed by atoms with van der Waals surface area (Å²) >= 11 is 0. The first-order chi connectivity index (χ1) is 12.3. The number of amides is 2. The number of urea groups is 1. The maximum Gasteiger partial charge on any atom is 0.319 e. The Morgan fingerprint density at radius 1 is 1.08 bits per heavy atom. The molecular weight excluding hydrogens is 310 g/mol. The van der Waals surface area contributed by atoms with E-state index in [2.05, 4.69) is 51.9 Å². The third-order valence-electron chi connectivity index (χ3n) is 5.21. The highest BCUT2D eigenvalue weighted by Gasteiger charge is 2.24. The maximum atomic E-state index is 12.3. The highest BCUT2D eigenvalue weighted by Crippen LogP contribution is 2.24. The molecule has 0 spiro atoms. The van der Waals surface area contributed by atoms with Crippen molar-refractivity contribution < 1.29 is 4.79 Å². The van der Waals surface area contributed by atoms with Crippen LogP contribution in [0, 0.1) is 0 Å². The summed E-state index contributed by atoms with van der Waals surface area (Å²) < 4.78 is 0. The van der Waals surface area contributed by atoms with Crippen molar-refractivity contribution in [2.75, 3.05) is 18.4 Å². The number of hydrogen-bond acceptors (Lipinski definition) is 2. The number of hydrogen-bond donors (Lipinski definition) is 2. The van der Waals surface area contributed by atoms with Gasteiger partial charge in [-0.25, -0.2) is 4.79 Å². The number of aryl methyl sites for hydroxylation is 2. The van der Waals surface area contributed by atoms with Crippen LogP contribution in [0.15, 0.2) is 48.5 Å². The summed E-state index contributed by atoms with van der Waals surface area (Å²) in [4.78, 5) is 14.7. The molecule has 25 heavy (non-hydrogen) atoms. The van der Waals surface area contributed by atoms with Gasteiger partial charge in [-0.3, -0.25) is 4.90 Å². The number of carbonyl (C=O) groups excluding carboxylic acids is 1. The van der Waals surface area contributed by atoms with Gasteiger partial charge in [0.15, 0.2) is 0 Å². The Bertz CT molecular complexity index is 744. The van der Waals surface area contributed by atoms with Gasteiger partial charge in [-0.1, -0.05) is 36.4 Å². The molecule has 2 N–H and O–H groups in total. The molecule has 0 unspecified atom stereocenters. The molecule has 2 amide bonds. The van der Waals surface area contributed by atoms with E-state index in [1.165, 1.54) is 29.5 Å². The lowest BCUT2D eigenvalue weighted by atomic mass is 10.1. The fourth-order valence-corrected chi connectivity index (χ4v) is 3.94. The van der Waals surface area contributed by atoms with Crippen molar-refractivity contribution in [1.29, 1.82) is 0 Å². The van der Waals surface area contributed by atoms with Gasteiger partial charge in [-0.2, -0.15) is 0 Å². The normalized spacial score (nSPS) is 19.6. The molecule has 4 rings (SSSR count). The minimum Gasteiger partial charge on any atom is -0.334 e. The van der Waals surface area contributed by atoms with Crippen molar-refractivity contribution in [2.45, 2.75) is 38.3 Å². The van der Waals surface area contributed by atoms with E-state index in [4.69, 9.17) is 0 Å². The van der Waals surface area contributed by atoms with Crippen LogP contribution in [0.3, 0.4) is 0 Å². The molecule has 0 radical (unpaired) electrons. The lowest BCUT2D eigenvalue weighted by Crippen LogP contribution is -2.39. The van der Waals surface area contributed by atoms with Gasteiger partial charge in [0.05, 0.1) is 0 Å². The molecule has 4 heteroatoms. The summed E-state index contributed by atoms with van der Waals surface area (Å²) in [7, 11) is 0. The molecule has 1 aliphatic heterocycles. The fraction of sp³-hybridized carbons (Fsp3) is 0.381. The van der Waals surface area contributed by atoms with E-state index in [1.54, 1.807) is 0 Å².